The Balaban J connectivity index is 1.79. The maximum Gasteiger partial charge on any atom is 0.422 e. The number of alkyl halides is 3. The Labute approximate surface area is 136 Å². The highest BCUT2D eigenvalue weighted by Crippen LogP contribution is 2.17. The van der Waals surface area contributed by atoms with Crippen molar-refractivity contribution in [2.75, 3.05) is 13.2 Å². The summed E-state index contributed by atoms with van der Waals surface area (Å²) in [6, 6.07) is 7.26. The van der Waals surface area contributed by atoms with Gasteiger partial charge in [-0.25, -0.2) is 4.79 Å². The Bertz CT molecular complexity index is 659. The molecule has 0 atom stereocenters. The van der Waals surface area contributed by atoms with Crippen LogP contribution in [0.4, 0.5) is 18.0 Å². The molecule has 0 aliphatic rings. The van der Waals surface area contributed by atoms with Gasteiger partial charge in [0, 0.05) is 16.6 Å². The van der Waals surface area contributed by atoms with E-state index in [0.717, 1.165) is 10.0 Å². The molecule has 23 heavy (non-hydrogen) atoms. The number of alkyl carbamates (subject to hydrolysis) is 1. The fourth-order valence-corrected chi connectivity index (χ4v) is 1.77. The third-order valence-electron chi connectivity index (χ3n) is 2.50. The number of hydrogen-bond donors (Lipinski definition) is 1. The first-order valence-electron chi connectivity index (χ1n) is 6.34. The Hall–Kier alpha value is -2.17. The SMILES string of the molecule is O=C(NCCn1nnc(-c2ccc(Br)cc2)n1)OCC(F)(F)F. The van der Waals surface area contributed by atoms with E-state index in [-0.39, 0.29) is 13.1 Å². The van der Waals surface area contributed by atoms with E-state index in [0.29, 0.717) is 5.82 Å². The second-order valence-corrected chi connectivity index (χ2v) is 5.25. The molecule has 0 bridgehead atoms. The van der Waals surface area contributed by atoms with Crippen LogP contribution in [-0.4, -0.2) is 45.6 Å². The number of hydrogen-bond acceptors (Lipinski definition) is 5. The van der Waals surface area contributed by atoms with E-state index in [1.165, 1.54) is 4.80 Å². The van der Waals surface area contributed by atoms with Gasteiger partial charge in [0.1, 0.15) is 0 Å². The van der Waals surface area contributed by atoms with Crippen molar-refractivity contribution in [1.82, 2.24) is 25.5 Å². The van der Waals surface area contributed by atoms with Crippen LogP contribution in [-0.2, 0) is 11.3 Å². The van der Waals surface area contributed by atoms with Crippen molar-refractivity contribution in [2.24, 2.45) is 0 Å². The molecule has 1 N–H and O–H groups in total. The highest BCUT2D eigenvalue weighted by Gasteiger charge is 2.29. The number of tetrazole rings is 1. The van der Waals surface area contributed by atoms with E-state index in [9.17, 15) is 18.0 Å². The third-order valence-corrected chi connectivity index (χ3v) is 3.03. The quantitative estimate of drug-likeness (QED) is 0.843. The summed E-state index contributed by atoms with van der Waals surface area (Å²) >= 11 is 3.31. The first kappa shape index (κ1) is 17.2. The highest BCUT2D eigenvalue weighted by atomic mass is 79.9. The van der Waals surface area contributed by atoms with Gasteiger partial charge in [-0.2, -0.15) is 18.0 Å². The summed E-state index contributed by atoms with van der Waals surface area (Å²) in [5.74, 6) is 0.400. The predicted molar refractivity (Wildman–Crippen MR) is 76.4 cm³/mol. The van der Waals surface area contributed by atoms with Crippen LogP contribution in [0.1, 0.15) is 0 Å². The number of nitrogens with zero attached hydrogens (tertiary/aromatic N) is 4. The minimum Gasteiger partial charge on any atom is -0.440 e. The van der Waals surface area contributed by atoms with Crippen molar-refractivity contribution in [3.05, 3.63) is 28.7 Å². The molecule has 1 aromatic heterocycles. The van der Waals surface area contributed by atoms with Gasteiger partial charge in [-0.05, 0) is 29.5 Å². The van der Waals surface area contributed by atoms with Crippen LogP contribution in [0.5, 0.6) is 0 Å². The summed E-state index contributed by atoms with van der Waals surface area (Å²) in [4.78, 5) is 12.3. The first-order chi connectivity index (χ1) is 10.8. The Kier molecular flexibility index (Phi) is 5.53. The molecule has 2 rings (SSSR count). The first-order valence-corrected chi connectivity index (χ1v) is 7.14. The summed E-state index contributed by atoms with van der Waals surface area (Å²) < 4.78 is 40.5. The lowest BCUT2D eigenvalue weighted by molar-refractivity contribution is -0.160. The standard InChI is InChI=1S/C12H11BrF3N5O2/c13-9-3-1-8(2-4-9)10-18-20-21(19-10)6-5-17-11(22)23-7-12(14,15)16/h1-4H,5-7H2,(H,17,22). The number of halogens is 4. The van der Waals surface area contributed by atoms with E-state index in [2.05, 4.69) is 41.4 Å². The molecule has 1 amide bonds. The van der Waals surface area contributed by atoms with Crippen molar-refractivity contribution in [1.29, 1.82) is 0 Å². The molecule has 0 unspecified atom stereocenters. The molecule has 0 spiro atoms. The van der Waals surface area contributed by atoms with Crippen LogP contribution in [0.15, 0.2) is 28.7 Å². The van der Waals surface area contributed by atoms with Crippen molar-refractivity contribution in [3.63, 3.8) is 0 Å². The zero-order valence-corrected chi connectivity index (χ0v) is 13.1. The molecule has 124 valence electrons. The number of aromatic nitrogens is 4. The smallest absolute Gasteiger partial charge is 0.422 e. The van der Waals surface area contributed by atoms with Gasteiger partial charge in [-0.3, -0.25) is 0 Å². The highest BCUT2D eigenvalue weighted by molar-refractivity contribution is 9.10. The van der Waals surface area contributed by atoms with Crippen LogP contribution in [0.2, 0.25) is 0 Å². The number of carbonyl (C=O) groups excluding carboxylic acids is 1. The molecule has 1 heterocycles. The van der Waals surface area contributed by atoms with Crippen LogP contribution in [0.25, 0.3) is 11.4 Å². The molecular weight excluding hydrogens is 383 g/mol. The van der Waals surface area contributed by atoms with Gasteiger partial charge in [0.25, 0.3) is 0 Å². The summed E-state index contributed by atoms with van der Waals surface area (Å²) in [5, 5.41) is 13.9. The Morgan fingerprint density at radius 3 is 2.65 bits per heavy atom. The van der Waals surface area contributed by atoms with E-state index in [1.807, 2.05) is 12.1 Å². The normalized spacial score (nSPS) is 11.3. The Morgan fingerprint density at radius 1 is 1.30 bits per heavy atom. The van der Waals surface area contributed by atoms with Gasteiger partial charge in [-0.15, -0.1) is 10.2 Å². The maximum absolute atomic E-state index is 11.9. The zero-order chi connectivity index (χ0) is 16.9. The predicted octanol–water partition coefficient (Wildman–Crippen LogP) is 2.39. The summed E-state index contributed by atoms with van der Waals surface area (Å²) in [5.41, 5.74) is 0.761. The average molecular weight is 394 g/mol. The number of amides is 1. The number of carbonyl (C=O) groups is 1. The van der Waals surface area contributed by atoms with E-state index in [1.54, 1.807) is 12.1 Å². The number of ether oxygens (including phenoxy) is 1. The molecule has 0 aliphatic carbocycles. The molecule has 0 radical (unpaired) electrons. The molecule has 11 heteroatoms. The molecule has 0 saturated carbocycles. The molecule has 0 aliphatic heterocycles. The molecule has 0 saturated heterocycles. The summed E-state index contributed by atoms with van der Waals surface area (Å²) in [6.07, 6.45) is -5.71. The summed E-state index contributed by atoms with van der Waals surface area (Å²) in [7, 11) is 0. The molecule has 1 aromatic carbocycles. The van der Waals surface area contributed by atoms with Crippen LogP contribution < -0.4 is 5.32 Å². The van der Waals surface area contributed by atoms with Gasteiger partial charge in [0.05, 0.1) is 6.54 Å². The van der Waals surface area contributed by atoms with Crippen LogP contribution >= 0.6 is 15.9 Å². The zero-order valence-electron chi connectivity index (χ0n) is 11.5. The van der Waals surface area contributed by atoms with Gasteiger partial charge in [0.15, 0.2) is 6.61 Å². The fraction of sp³-hybridized carbons (Fsp3) is 0.333. The third kappa shape index (κ3) is 5.85. The van der Waals surface area contributed by atoms with Crippen molar-refractivity contribution in [3.8, 4) is 11.4 Å². The van der Waals surface area contributed by atoms with E-state index < -0.39 is 18.9 Å². The van der Waals surface area contributed by atoms with Crippen molar-refractivity contribution < 1.29 is 22.7 Å². The van der Waals surface area contributed by atoms with E-state index >= 15 is 0 Å². The second kappa shape index (κ2) is 7.40. The van der Waals surface area contributed by atoms with Gasteiger partial charge >= 0.3 is 12.3 Å². The maximum atomic E-state index is 11.9. The molecule has 0 fully saturated rings. The number of nitrogens with one attached hydrogen (secondary N) is 1. The minimum absolute atomic E-state index is 0.00677. The van der Waals surface area contributed by atoms with Crippen LogP contribution in [0.3, 0.4) is 0 Å². The number of rotatable bonds is 5. The topological polar surface area (TPSA) is 81.9 Å². The minimum atomic E-state index is -4.55. The van der Waals surface area contributed by atoms with E-state index in [4.69, 9.17) is 0 Å². The second-order valence-electron chi connectivity index (χ2n) is 4.33. The molecule has 2 aromatic rings. The fourth-order valence-electron chi connectivity index (χ4n) is 1.51. The molecule has 7 nitrogen and oxygen atoms in total. The average Bonchev–Trinajstić information content (AvgIpc) is 2.94. The van der Waals surface area contributed by atoms with Crippen LogP contribution in [0, 0.1) is 0 Å². The monoisotopic (exact) mass is 393 g/mol. The van der Waals surface area contributed by atoms with Crippen molar-refractivity contribution >= 4 is 22.0 Å². The van der Waals surface area contributed by atoms with Gasteiger partial charge in [-0.1, -0.05) is 15.9 Å². The lowest BCUT2D eigenvalue weighted by Gasteiger charge is -2.08. The Morgan fingerprint density at radius 2 is 2.00 bits per heavy atom. The van der Waals surface area contributed by atoms with Gasteiger partial charge in [0.2, 0.25) is 5.82 Å². The molecular formula is C12H11BrF3N5O2. The van der Waals surface area contributed by atoms with Gasteiger partial charge < -0.3 is 10.1 Å². The van der Waals surface area contributed by atoms with Crippen molar-refractivity contribution in [2.45, 2.75) is 12.7 Å². The lowest BCUT2D eigenvalue weighted by atomic mass is 10.2. The largest absolute Gasteiger partial charge is 0.440 e. The summed E-state index contributed by atoms with van der Waals surface area (Å²) in [6.45, 7) is -1.48. The lowest BCUT2D eigenvalue weighted by Crippen LogP contribution is -2.31. The number of benzene rings is 1.